The van der Waals surface area contributed by atoms with E-state index in [2.05, 4.69) is 16.7 Å². The summed E-state index contributed by atoms with van der Waals surface area (Å²) in [5, 5.41) is 16.0. The molecule has 194 valence electrons. The normalized spacial score (nSPS) is 20.7. The van der Waals surface area contributed by atoms with Crippen LogP contribution in [0.2, 0.25) is 0 Å². The third-order valence-electron chi connectivity index (χ3n) is 7.43. The van der Waals surface area contributed by atoms with Gasteiger partial charge >= 0.3 is 6.03 Å². The SMILES string of the molecule is CNC[C@H](CC1CCCCC1)NC(=O)N1CCC[C@@H](C(OCCCOC)c2cccc(C#N)c2)C1. The zero-order valence-electron chi connectivity index (χ0n) is 21.6. The predicted molar refractivity (Wildman–Crippen MR) is 138 cm³/mol. The predicted octanol–water partition coefficient (Wildman–Crippen LogP) is 4.63. The molecule has 1 saturated carbocycles. The van der Waals surface area contributed by atoms with Gasteiger partial charge in [-0.05, 0) is 56.3 Å². The van der Waals surface area contributed by atoms with Crippen molar-refractivity contribution >= 4 is 6.03 Å². The number of benzene rings is 1. The first-order valence-electron chi connectivity index (χ1n) is 13.4. The molecule has 1 aromatic rings. The van der Waals surface area contributed by atoms with E-state index < -0.39 is 0 Å². The molecular weight excluding hydrogens is 440 g/mol. The topological polar surface area (TPSA) is 86.6 Å². The molecule has 0 bridgehead atoms. The van der Waals surface area contributed by atoms with Crippen molar-refractivity contribution in [2.75, 3.05) is 47.0 Å². The van der Waals surface area contributed by atoms with Gasteiger partial charge in [0, 0.05) is 51.9 Å². The average molecular weight is 485 g/mol. The van der Waals surface area contributed by atoms with Crippen LogP contribution < -0.4 is 10.6 Å². The van der Waals surface area contributed by atoms with E-state index in [4.69, 9.17) is 9.47 Å². The van der Waals surface area contributed by atoms with Gasteiger partial charge in [-0.3, -0.25) is 0 Å². The van der Waals surface area contributed by atoms with E-state index in [9.17, 15) is 10.1 Å². The van der Waals surface area contributed by atoms with Crippen molar-refractivity contribution in [3.63, 3.8) is 0 Å². The second kappa shape index (κ2) is 15.1. The van der Waals surface area contributed by atoms with Crippen LogP contribution >= 0.6 is 0 Å². The molecule has 7 nitrogen and oxygen atoms in total. The minimum atomic E-state index is -0.147. The summed E-state index contributed by atoms with van der Waals surface area (Å²) in [6.07, 6.45) is 10.2. The zero-order chi connectivity index (χ0) is 24.9. The largest absolute Gasteiger partial charge is 0.385 e. The lowest BCUT2D eigenvalue weighted by Crippen LogP contribution is -2.52. The van der Waals surface area contributed by atoms with E-state index in [1.165, 1.54) is 32.1 Å². The molecule has 1 heterocycles. The number of likely N-dealkylation sites (tertiary alicyclic amines) is 1. The minimum absolute atomic E-state index is 0.0367. The van der Waals surface area contributed by atoms with Crippen molar-refractivity contribution in [2.24, 2.45) is 11.8 Å². The quantitative estimate of drug-likeness (QED) is 0.422. The van der Waals surface area contributed by atoms with Gasteiger partial charge in [-0.1, -0.05) is 44.2 Å². The number of urea groups is 1. The molecule has 3 atom stereocenters. The number of methoxy groups -OCH3 is 1. The summed E-state index contributed by atoms with van der Waals surface area (Å²) in [6.45, 7) is 3.47. The van der Waals surface area contributed by atoms with Crippen molar-refractivity contribution in [2.45, 2.75) is 69.9 Å². The van der Waals surface area contributed by atoms with Gasteiger partial charge in [-0.25, -0.2) is 4.79 Å². The molecule has 35 heavy (non-hydrogen) atoms. The van der Waals surface area contributed by atoms with Gasteiger partial charge in [0.15, 0.2) is 0 Å². The number of piperidine rings is 1. The standard InChI is InChI=1S/C28H44N4O3/c1-30-20-26(18-22-9-4-3-5-10-22)31-28(33)32-14-7-13-25(21-32)27(35-16-8-15-34-2)24-12-6-11-23(17-24)19-29/h6,11-12,17,22,25-27,30H,3-5,7-10,13-16,18,20-21H2,1-2H3,(H,31,33)/t25-,26+,27?/m1/s1. The summed E-state index contributed by atoms with van der Waals surface area (Å²) in [4.78, 5) is 15.3. The number of nitrogens with one attached hydrogen (secondary N) is 2. The average Bonchev–Trinajstić information content (AvgIpc) is 2.89. The lowest BCUT2D eigenvalue weighted by Gasteiger charge is -2.38. The van der Waals surface area contributed by atoms with Crippen molar-refractivity contribution < 1.29 is 14.3 Å². The molecule has 0 spiro atoms. The first-order chi connectivity index (χ1) is 17.1. The smallest absolute Gasteiger partial charge is 0.317 e. The summed E-state index contributed by atoms with van der Waals surface area (Å²) in [5.74, 6) is 0.904. The fourth-order valence-corrected chi connectivity index (χ4v) is 5.68. The number of rotatable bonds is 12. The number of hydrogen-bond acceptors (Lipinski definition) is 5. The van der Waals surface area contributed by atoms with Gasteiger partial charge < -0.3 is 25.0 Å². The van der Waals surface area contributed by atoms with Crippen LogP contribution in [0.1, 0.15) is 75.0 Å². The number of amides is 2. The molecule has 2 fully saturated rings. The highest BCUT2D eigenvalue weighted by Gasteiger charge is 2.32. The van der Waals surface area contributed by atoms with E-state index in [0.717, 1.165) is 44.3 Å². The van der Waals surface area contributed by atoms with Crippen molar-refractivity contribution in [3.8, 4) is 6.07 Å². The van der Waals surface area contributed by atoms with Gasteiger partial charge in [-0.15, -0.1) is 0 Å². The monoisotopic (exact) mass is 484 g/mol. The van der Waals surface area contributed by atoms with Crippen molar-refractivity contribution in [3.05, 3.63) is 35.4 Å². The molecule has 2 amide bonds. The molecular formula is C28H44N4O3. The summed E-state index contributed by atoms with van der Waals surface area (Å²) in [7, 11) is 3.65. The molecule has 0 aromatic heterocycles. The van der Waals surface area contributed by atoms with E-state index in [1.807, 2.05) is 36.2 Å². The van der Waals surface area contributed by atoms with Crippen LogP contribution in [0.4, 0.5) is 4.79 Å². The van der Waals surface area contributed by atoms with E-state index in [-0.39, 0.29) is 24.1 Å². The Hall–Kier alpha value is -2.14. The Balaban J connectivity index is 1.64. The van der Waals surface area contributed by atoms with Crippen LogP contribution in [0.25, 0.3) is 0 Å². The highest BCUT2D eigenvalue weighted by atomic mass is 16.5. The maximum atomic E-state index is 13.3. The molecule has 7 heteroatoms. The fraction of sp³-hybridized carbons (Fsp3) is 0.714. The molecule has 1 aliphatic heterocycles. The Morgan fingerprint density at radius 1 is 1.20 bits per heavy atom. The number of carbonyl (C=O) groups is 1. The van der Waals surface area contributed by atoms with Gasteiger partial charge in [0.25, 0.3) is 0 Å². The maximum absolute atomic E-state index is 13.3. The lowest BCUT2D eigenvalue weighted by molar-refractivity contribution is -0.0168. The number of hydrogen-bond donors (Lipinski definition) is 2. The van der Waals surface area contributed by atoms with Gasteiger partial charge in [-0.2, -0.15) is 5.26 Å². The van der Waals surface area contributed by atoms with Gasteiger partial charge in [0.1, 0.15) is 0 Å². The Labute approximate surface area is 211 Å². The lowest BCUT2D eigenvalue weighted by atomic mass is 9.85. The van der Waals surface area contributed by atoms with E-state index in [0.29, 0.717) is 31.2 Å². The van der Waals surface area contributed by atoms with Gasteiger partial charge in [0.05, 0.1) is 17.7 Å². The second-order valence-corrected chi connectivity index (χ2v) is 10.2. The minimum Gasteiger partial charge on any atom is -0.385 e. The van der Waals surface area contributed by atoms with Crippen molar-refractivity contribution in [1.29, 1.82) is 5.26 Å². The number of likely N-dealkylation sites (N-methyl/N-ethyl adjacent to an activating group) is 1. The summed E-state index contributed by atoms with van der Waals surface area (Å²) < 4.78 is 11.5. The molecule has 1 unspecified atom stereocenters. The number of ether oxygens (including phenoxy) is 2. The van der Waals surface area contributed by atoms with E-state index >= 15 is 0 Å². The summed E-state index contributed by atoms with van der Waals surface area (Å²) >= 11 is 0. The zero-order valence-corrected chi connectivity index (χ0v) is 21.6. The highest BCUT2D eigenvalue weighted by molar-refractivity contribution is 5.74. The Morgan fingerprint density at radius 3 is 2.77 bits per heavy atom. The van der Waals surface area contributed by atoms with Crippen LogP contribution in [-0.4, -0.2) is 64.0 Å². The highest BCUT2D eigenvalue weighted by Crippen LogP contribution is 2.34. The Kier molecular flexibility index (Phi) is 11.8. The van der Waals surface area contributed by atoms with E-state index in [1.54, 1.807) is 7.11 Å². The second-order valence-electron chi connectivity index (χ2n) is 10.2. The van der Waals surface area contributed by atoms with Crippen LogP contribution in [0, 0.1) is 23.2 Å². The molecule has 1 aliphatic carbocycles. The van der Waals surface area contributed by atoms with Crippen LogP contribution in [-0.2, 0) is 9.47 Å². The molecule has 2 N–H and O–H groups in total. The maximum Gasteiger partial charge on any atom is 0.317 e. The number of nitriles is 1. The third kappa shape index (κ3) is 8.79. The van der Waals surface area contributed by atoms with Crippen LogP contribution in [0.15, 0.2) is 24.3 Å². The fourth-order valence-electron chi connectivity index (χ4n) is 5.68. The first-order valence-corrected chi connectivity index (χ1v) is 13.4. The Morgan fingerprint density at radius 2 is 2.03 bits per heavy atom. The molecule has 2 aliphatic rings. The van der Waals surface area contributed by atoms with Crippen molar-refractivity contribution in [1.82, 2.24) is 15.5 Å². The van der Waals surface area contributed by atoms with Crippen LogP contribution in [0.3, 0.4) is 0 Å². The first kappa shape index (κ1) is 27.4. The number of nitrogens with zero attached hydrogens (tertiary/aromatic N) is 2. The molecule has 3 rings (SSSR count). The van der Waals surface area contributed by atoms with Crippen LogP contribution in [0.5, 0.6) is 0 Å². The molecule has 1 saturated heterocycles. The molecule has 1 aromatic carbocycles. The molecule has 0 radical (unpaired) electrons. The third-order valence-corrected chi connectivity index (χ3v) is 7.43. The Bertz CT molecular complexity index is 806. The van der Waals surface area contributed by atoms with Gasteiger partial charge in [0.2, 0.25) is 0 Å². The summed E-state index contributed by atoms with van der Waals surface area (Å²) in [6, 6.07) is 10.1. The summed E-state index contributed by atoms with van der Waals surface area (Å²) in [5.41, 5.74) is 1.65. The number of carbonyl (C=O) groups excluding carboxylic acids is 1.